The molecule has 1 aliphatic heterocycles. The Morgan fingerprint density at radius 2 is 1.91 bits per heavy atom. The Labute approximate surface area is 136 Å². The summed E-state index contributed by atoms with van der Waals surface area (Å²) in [7, 11) is 2.20. The lowest BCUT2D eigenvalue weighted by molar-refractivity contribution is 0.198. The minimum Gasteiger partial charge on any atom is -0.353 e. The molecule has 3 heterocycles. The Bertz CT molecular complexity index is 675. The minimum atomic E-state index is 0.580. The van der Waals surface area contributed by atoms with Crippen LogP contribution in [0.1, 0.15) is 26.8 Å². The van der Waals surface area contributed by atoms with Crippen molar-refractivity contribution in [2.45, 2.75) is 40.3 Å². The second-order valence-electron chi connectivity index (χ2n) is 6.12. The number of aryl methyl sites for hydroxylation is 3. The molecule has 0 unspecified atom stereocenters. The number of aromatic nitrogens is 3. The minimum absolute atomic E-state index is 0.580. The third kappa shape index (κ3) is 2.85. The monoisotopic (exact) mass is 317 g/mol. The first-order chi connectivity index (χ1) is 10.5. The van der Waals surface area contributed by atoms with Crippen LogP contribution in [0.15, 0.2) is 6.33 Å². The van der Waals surface area contributed by atoms with Crippen LogP contribution < -0.4 is 4.90 Å². The van der Waals surface area contributed by atoms with Crippen molar-refractivity contribution in [3.63, 3.8) is 0 Å². The summed E-state index contributed by atoms with van der Waals surface area (Å²) in [6, 6.07) is 0.580. The zero-order valence-corrected chi connectivity index (χ0v) is 14.7. The van der Waals surface area contributed by atoms with Crippen molar-refractivity contribution in [1.29, 1.82) is 0 Å². The number of thiazole rings is 1. The van der Waals surface area contributed by atoms with Gasteiger partial charge in [-0.05, 0) is 34.7 Å². The van der Waals surface area contributed by atoms with Crippen molar-refractivity contribution in [1.82, 2.24) is 19.9 Å². The van der Waals surface area contributed by atoms with Crippen LogP contribution in [0.2, 0.25) is 0 Å². The fraction of sp³-hybridized carbons (Fsp3) is 0.562. The molecular formula is C16H23N5S. The summed E-state index contributed by atoms with van der Waals surface area (Å²) >= 11 is 1.81. The van der Waals surface area contributed by atoms with Gasteiger partial charge in [-0.25, -0.2) is 15.0 Å². The summed E-state index contributed by atoms with van der Waals surface area (Å²) in [4.78, 5) is 19.4. The zero-order valence-electron chi connectivity index (χ0n) is 13.9. The van der Waals surface area contributed by atoms with Crippen molar-refractivity contribution in [3.05, 3.63) is 33.2 Å². The Balaban J connectivity index is 1.61. The Morgan fingerprint density at radius 1 is 1.18 bits per heavy atom. The summed E-state index contributed by atoms with van der Waals surface area (Å²) in [5, 5.41) is 1.16. The molecule has 0 aliphatic carbocycles. The van der Waals surface area contributed by atoms with E-state index in [-0.39, 0.29) is 0 Å². The lowest BCUT2D eigenvalue weighted by Gasteiger charge is -2.45. The third-order valence-electron chi connectivity index (χ3n) is 4.49. The first-order valence-electron chi connectivity index (χ1n) is 7.62. The normalized spacial score (nSPS) is 15.5. The molecule has 1 fully saturated rings. The van der Waals surface area contributed by atoms with Crippen LogP contribution in [0.4, 0.5) is 5.82 Å². The Kier molecular flexibility index (Phi) is 4.14. The van der Waals surface area contributed by atoms with E-state index in [2.05, 4.69) is 52.6 Å². The fourth-order valence-electron chi connectivity index (χ4n) is 2.83. The fourth-order valence-corrected chi connectivity index (χ4v) is 3.83. The van der Waals surface area contributed by atoms with Gasteiger partial charge in [-0.15, -0.1) is 11.3 Å². The molecule has 0 saturated carbocycles. The van der Waals surface area contributed by atoms with Crippen molar-refractivity contribution >= 4 is 17.2 Å². The highest BCUT2D eigenvalue weighted by atomic mass is 32.1. The van der Waals surface area contributed by atoms with Crippen LogP contribution in [0.25, 0.3) is 0 Å². The van der Waals surface area contributed by atoms with E-state index >= 15 is 0 Å². The smallest absolute Gasteiger partial charge is 0.135 e. The molecule has 0 atom stereocenters. The molecule has 2 aromatic heterocycles. The molecule has 0 aromatic carbocycles. The zero-order chi connectivity index (χ0) is 15.9. The van der Waals surface area contributed by atoms with Gasteiger partial charge in [0.1, 0.15) is 12.1 Å². The molecule has 0 N–H and O–H groups in total. The first-order valence-corrected chi connectivity index (χ1v) is 8.43. The number of anilines is 1. The molecule has 22 heavy (non-hydrogen) atoms. The highest BCUT2D eigenvalue weighted by molar-refractivity contribution is 7.11. The third-order valence-corrected chi connectivity index (χ3v) is 5.54. The van der Waals surface area contributed by atoms with Gasteiger partial charge in [0.25, 0.3) is 0 Å². The largest absolute Gasteiger partial charge is 0.353 e. The van der Waals surface area contributed by atoms with Gasteiger partial charge in [-0.1, -0.05) is 0 Å². The molecule has 0 bridgehead atoms. The molecule has 0 radical (unpaired) electrons. The molecule has 6 heteroatoms. The maximum atomic E-state index is 4.52. The van der Waals surface area contributed by atoms with Gasteiger partial charge in [-0.3, -0.25) is 4.90 Å². The topological polar surface area (TPSA) is 45.2 Å². The Morgan fingerprint density at radius 3 is 2.55 bits per heavy atom. The van der Waals surface area contributed by atoms with Gasteiger partial charge in [0.2, 0.25) is 0 Å². The van der Waals surface area contributed by atoms with E-state index in [4.69, 9.17) is 0 Å². The molecule has 3 rings (SSSR count). The number of likely N-dealkylation sites (N-methyl/N-ethyl adjacent to an activating group) is 1. The van der Waals surface area contributed by atoms with Gasteiger partial charge in [0, 0.05) is 41.8 Å². The summed E-state index contributed by atoms with van der Waals surface area (Å²) in [5.41, 5.74) is 3.43. The van der Waals surface area contributed by atoms with Crippen molar-refractivity contribution in [3.8, 4) is 0 Å². The van der Waals surface area contributed by atoms with Gasteiger partial charge in [-0.2, -0.15) is 0 Å². The second-order valence-corrected chi connectivity index (χ2v) is 7.41. The molecule has 0 spiro atoms. The highest BCUT2D eigenvalue weighted by Gasteiger charge is 2.32. The van der Waals surface area contributed by atoms with Gasteiger partial charge in [0.05, 0.1) is 10.7 Å². The van der Waals surface area contributed by atoms with E-state index in [0.717, 1.165) is 36.2 Å². The maximum absolute atomic E-state index is 4.52. The average molecular weight is 317 g/mol. The van der Waals surface area contributed by atoms with Crippen LogP contribution in [0.3, 0.4) is 0 Å². The molecule has 1 saturated heterocycles. The molecule has 5 nitrogen and oxygen atoms in total. The predicted octanol–water partition coefficient (Wildman–Crippen LogP) is 2.49. The van der Waals surface area contributed by atoms with E-state index in [1.165, 1.54) is 16.1 Å². The standard InChI is InChI=1S/C16H23N5S/c1-10-11(2)17-9-18-16(10)21-6-14(7-21)20(5)8-15-12(3)19-13(4)22-15/h9,14H,6-8H2,1-5H3. The maximum Gasteiger partial charge on any atom is 0.135 e. The van der Waals surface area contributed by atoms with E-state index in [1.807, 2.05) is 18.3 Å². The Hall–Kier alpha value is -1.53. The number of nitrogens with zero attached hydrogens (tertiary/aromatic N) is 5. The lowest BCUT2D eigenvalue weighted by atomic mass is 10.1. The van der Waals surface area contributed by atoms with Crippen molar-refractivity contribution in [2.24, 2.45) is 0 Å². The first kappa shape index (κ1) is 15.4. The second kappa shape index (κ2) is 5.93. The van der Waals surface area contributed by atoms with E-state index in [0.29, 0.717) is 6.04 Å². The van der Waals surface area contributed by atoms with Gasteiger partial charge in [0.15, 0.2) is 0 Å². The SMILES string of the molecule is Cc1nc(C)c(CN(C)C2CN(c3ncnc(C)c3C)C2)s1. The molecule has 118 valence electrons. The van der Waals surface area contributed by atoms with Gasteiger partial charge < -0.3 is 4.90 Å². The van der Waals surface area contributed by atoms with Crippen molar-refractivity contribution in [2.75, 3.05) is 25.0 Å². The number of hydrogen-bond acceptors (Lipinski definition) is 6. The quantitative estimate of drug-likeness (QED) is 0.867. The van der Waals surface area contributed by atoms with E-state index in [1.54, 1.807) is 6.33 Å². The van der Waals surface area contributed by atoms with Crippen LogP contribution >= 0.6 is 11.3 Å². The highest BCUT2D eigenvalue weighted by Crippen LogP contribution is 2.27. The van der Waals surface area contributed by atoms with Crippen LogP contribution in [-0.2, 0) is 6.54 Å². The predicted molar refractivity (Wildman–Crippen MR) is 90.6 cm³/mol. The molecule has 0 amide bonds. The van der Waals surface area contributed by atoms with E-state index < -0.39 is 0 Å². The summed E-state index contributed by atoms with van der Waals surface area (Å²) in [6.07, 6.45) is 1.66. The van der Waals surface area contributed by atoms with Crippen molar-refractivity contribution < 1.29 is 0 Å². The lowest BCUT2D eigenvalue weighted by Crippen LogP contribution is -2.58. The number of hydrogen-bond donors (Lipinski definition) is 0. The number of rotatable bonds is 4. The van der Waals surface area contributed by atoms with Crippen LogP contribution in [0.5, 0.6) is 0 Å². The molecule has 1 aliphatic rings. The van der Waals surface area contributed by atoms with E-state index in [9.17, 15) is 0 Å². The molecule has 2 aromatic rings. The summed E-state index contributed by atoms with van der Waals surface area (Å²) < 4.78 is 0. The van der Waals surface area contributed by atoms with Gasteiger partial charge >= 0.3 is 0 Å². The average Bonchev–Trinajstić information content (AvgIpc) is 2.71. The summed E-state index contributed by atoms with van der Waals surface area (Å²) in [6.45, 7) is 11.4. The molecular weight excluding hydrogens is 294 g/mol. The van der Waals surface area contributed by atoms with Crippen LogP contribution in [0, 0.1) is 27.7 Å². The van der Waals surface area contributed by atoms with Crippen LogP contribution in [-0.4, -0.2) is 46.0 Å². The summed E-state index contributed by atoms with van der Waals surface area (Å²) in [5.74, 6) is 1.09.